The summed E-state index contributed by atoms with van der Waals surface area (Å²) in [5.74, 6) is 2.31. The molecule has 4 fully saturated rings. The van der Waals surface area contributed by atoms with E-state index in [4.69, 9.17) is 4.74 Å². The quantitative estimate of drug-likeness (QED) is 0.796. The molecule has 2 bridgehead atoms. The highest BCUT2D eigenvalue weighted by Crippen LogP contribution is 2.62. The molecule has 4 aliphatic heterocycles. The second-order valence-electron chi connectivity index (χ2n) is 8.23. The van der Waals surface area contributed by atoms with Gasteiger partial charge in [0.05, 0.1) is 12.7 Å². The topological polar surface area (TPSA) is 24.5 Å². The van der Waals surface area contributed by atoms with Gasteiger partial charge in [-0.25, -0.2) is 0 Å². The standard InChI is InChI=1S/C19H24N2O/c1-11-13-9-21-7-6-19-15-4-2-3-5-16(15)20-18(19)14(10-22-11)12(13)8-17(19)21/h2-5,11-14,17-18,20H,6-10H2,1H3/t11?,12-,13-,14+,17-,18-,19?/m0/s1. The fraction of sp³-hybridized carbons (Fsp3) is 0.684. The van der Waals surface area contributed by atoms with Gasteiger partial charge < -0.3 is 10.1 Å². The fourth-order valence-electron chi connectivity index (χ4n) is 6.88. The maximum absolute atomic E-state index is 6.24. The summed E-state index contributed by atoms with van der Waals surface area (Å²) in [6.45, 7) is 5.81. The van der Waals surface area contributed by atoms with Crippen molar-refractivity contribution in [3.8, 4) is 0 Å². The third-order valence-electron chi connectivity index (χ3n) is 7.77. The molecule has 1 N–H and O–H groups in total. The van der Waals surface area contributed by atoms with Crippen LogP contribution in [0.3, 0.4) is 0 Å². The molecule has 0 aromatic heterocycles. The van der Waals surface area contributed by atoms with Crippen molar-refractivity contribution in [2.45, 2.75) is 43.4 Å². The molecular formula is C19H24N2O. The normalized spacial score (nSPS) is 51.1. The number of anilines is 1. The van der Waals surface area contributed by atoms with Crippen molar-refractivity contribution in [3.63, 3.8) is 0 Å². The summed E-state index contributed by atoms with van der Waals surface area (Å²) >= 11 is 0. The molecular weight excluding hydrogens is 272 g/mol. The summed E-state index contributed by atoms with van der Waals surface area (Å²) < 4.78 is 6.24. The van der Waals surface area contributed by atoms with E-state index in [-0.39, 0.29) is 0 Å². The second-order valence-corrected chi connectivity index (χ2v) is 8.23. The van der Waals surface area contributed by atoms with E-state index >= 15 is 0 Å². The zero-order valence-electron chi connectivity index (χ0n) is 13.2. The lowest BCUT2D eigenvalue weighted by Gasteiger charge is -2.59. The first-order valence-corrected chi connectivity index (χ1v) is 9.01. The highest BCUT2D eigenvalue weighted by molar-refractivity contribution is 5.64. The first-order chi connectivity index (χ1) is 10.8. The van der Waals surface area contributed by atoms with Crippen LogP contribution in [0, 0.1) is 17.8 Å². The number of para-hydroxylation sites is 1. The van der Waals surface area contributed by atoms with E-state index in [9.17, 15) is 0 Å². The molecule has 6 rings (SSSR count). The van der Waals surface area contributed by atoms with Crippen molar-refractivity contribution in [2.24, 2.45) is 17.8 Å². The summed E-state index contributed by atoms with van der Waals surface area (Å²) in [6, 6.07) is 10.5. The van der Waals surface area contributed by atoms with Crippen LogP contribution in [-0.4, -0.2) is 42.8 Å². The van der Waals surface area contributed by atoms with Crippen LogP contribution >= 0.6 is 0 Å². The molecule has 5 aliphatic rings. The molecule has 22 heavy (non-hydrogen) atoms. The zero-order chi connectivity index (χ0) is 14.5. The molecule has 3 nitrogen and oxygen atoms in total. The fourth-order valence-corrected chi connectivity index (χ4v) is 6.88. The van der Waals surface area contributed by atoms with Gasteiger partial charge in [-0.1, -0.05) is 18.2 Å². The van der Waals surface area contributed by atoms with Gasteiger partial charge in [0.15, 0.2) is 0 Å². The van der Waals surface area contributed by atoms with Gasteiger partial charge in [-0.05, 0) is 43.9 Å². The predicted octanol–water partition coefficient (Wildman–Crippen LogP) is 2.48. The minimum atomic E-state index is 0.354. The molecule has 1 aromatic carbocycles. The van der Waals surface area contributed by atoms with Crippen LogP contribution in [0.25, 0.3) is 0 Å². The zero-order valence-corrected chi connectivity index (χ0v) is 13.2. The Morgan fingerprint density at radius 3 is 3.09 bits per heavy atom. The van der Waals surface area contributed by atoms with Crippen molar-refractivity contribution < 1.29 is 4.74 Å². The number of hydrogen-bond acceptors (Lipinski definition) is 3. The number of ether oxygens (including phenoxy) is 1. The third-order valence-corrected chi connectivity index (χ3v) is 7.77. The van der Waals surface area contributed by atoms with Crippen LogP contribution in [-0.2, 0) is 10.2 Å². The Kier molecular flexibility index (Phi) is 2.18. The summed E-state index contributed by atoms with van der Waals surface area (Å²) in [4.78, 5) is 2.80. The Morgan fingerprint density at radius 1 is 1.23 bits per heavy atom. The van der Waals surface area contributed by atoms with E-state index in [1.54, 1.807) is 5.56 Å². The number of rotatable bonds is 0. The first kappa shape index (κ1) is 12.4. The molecule has 116 valence electrons. The maximum Gasteiger partial charge on any atom is 0.0590 e. The van der Waals surface area contributed by atoms with Gasteiger partial charge in [0, 0.05) is 41.6 Å². The van der Waals surface area contributed by atoms with Gasteiger partial charge >= 0.3 is 0 Å². The van der Waals surface area contributed by atoms with Gasteiger partial charge in [0.1, 0.15) is 0 Å². The van der Waals surface area contributed by atoms with Crippen molar-refractivity contribution in [1.82, 2.24) is 4.90 Å². The number of hydrogen-bond donors (Lipinski definition) is 1. The molecule has 1 aromatic rings. The maximum atomic E-state index is 6.24. The Bertz CT molecular complexity index is 646. The average Bonchev–Trinajstić information content (AvgIpc) is 3.09. The van der Waals surface area contributed by atoms with Gasteiger partial charge in [0.2, 0.25) is 0 Å². The number of piperidine rings is 1. The second kappa shape index (κ2) is 3.88. The van der Waals surface area contributed by atoms with Gasteiger partial charge in [0.25, 0.3) is 0 Å². The van der Waals surface area contributed by atoms with Crippen LogP contribution in [0.5, 0.6) is 0 Å². The smallest absolute Gasteiger partial charge is 0.0590 e. The number of fused-ring (bicyclic) bond motifs is 2. The molecule has 0 radical (unpaired) electrons. The van der Waals surface area contributed by atoms with Crippen LogP contribution in [0.15, 0.2) is 24.3 Å². The van der Waals surface area contributed by atoms with Gasteiger partial charge in [-0.2, -0.15) is 0 Å². The SMILES string of the molecule is CC1OC[C@@H]2[C@H]3C[C@@H]4N(CCC45c4ccccc4N[C@@H]25)C[C@@H]13. The van der Waals surface area contributed by atoms with E-state index in [0.717, 1.165) is 24.5 Å². The van der Waals surface area contributed by atoms with E-state index in [2.05, 4.69) is 41.4 Å². The predicted molar refractivity (Wildman–Crippen MR) is 86.0 cm³/mol. The molecule has 1 saturated carbocycles. The Morgan fingerprint density at radius 2 is 2.14 bits per heavy atom. The van der Waals surface area contributed by atoms with Crippen molar-refractivity contribution in [1.29, 1.82) is 0 Å². The van der Waals surface area contributed by atoms with Crippen molar-refractivity contribution in [2.75, 3.05) is 25.0 Å². The van der Waals surface area contributed by atoms with Crippen LogP contribution < -0.4 is 5.32 Å². The van der Waals surface area contributed by atoms with Crippen LogP contribution in [0.1, 0.15) is 25.3 Å². The lowest BCUT2D eigenvalue weighted by Crippen LogP contribution is -2.67. The van der Waals surface area contributed by atoms with E-state index in [1.807, 2.05) is 0 Å². The Hall–Kier alpha value is -1.06. The largest absolute Gasteiger partial charge is 0.381 e. The molecule has 3 saturated heterocycles. The molecule has 7 atom stereocenters. The highest BCUT2D eigenvalue weighted by atomic mass is 16.5. The summed E-state index contributed by atoms with van der Waals surface area (Å²) in [6.07, 6.45) is 3.17. The first-order valence-electron chi connectivity index (χ1n) is 9.01. The summed E-state index contributed by atoms with van der Waals surface area (Å²) in [5, 5.41) is 3.95. The number of nitrogens with one attached hydrogen (secondary N) is 1. The lowest BCUT2D eigenvalue weighted by molar-refractivity contribution is -0.148. The summed E-state index contributed by atoms with van der Waals surface area (Å²) in [5.41, 5.74) is 3.35. The molecule has 2 unspecified atom stereocenters. The summed E-state index contributed by atoms with van der Waals surface area (Å²) in [7, 11) is 0. The third kappa shape index (κ3) is 1.21. The van der Waals surface area contributed by atoms with E-state index < -0.39 is 0 Å². The van der Waals surface area contributed by atoms with Gasteiger partial charge in [-0.3, -0.25) is 4.90 Å². The molecule has 0 amide bonds. The molecule has 4 heterocycles. The number of nitrogens with zero attached hydrogens (tertiary/aromatic N) is 1. The Labute approximate surface area is 132 Å². The van der Waals surface area contributed by atoms with Crippen molar-refractivity contribution >= 4 is 5.69 Å². The number of benzene rings is 1. The van der Waals surface area contributed by atoms with E-state index in [1.165, 1.54) is 31.6 Å². The molecule has 3 heteroatoms. The Balaban J connectivity index is 1.56. The minimum absolute atomic E-state index is 0.354. The lowest BCUT2D eigenvalue weighted by atomic mass is 9.53. The molecule has 1 aliphatic carbocycles. The van der Waals surface area contributed by atoms with Crippen LogP contribution in [0.4, 0.5) is 5.69 Å². The van der Waals surface area contributed by atoms with Gasteiger partial charge in [-0.15, -0.1) is 0 Å². The molecule has 1 spiro atoms. The van der Waals surface area contributed by atoms with E-state index in [0.29, 0.717) is 23.5 Å². The average molecular weight is 296 g/mol. The van der Waals surface area contributed by atoms with Crippen LogP contribution in [0.2, 0.25) is 0 Å². The van der Waals surface area contributed by atoms with Crippen molar-refractivity contribution in [3.05, 3.63) is 29.8 Å². The minimum Gasteiger partial charge on any atom is -0.381 e. The highest BCUT2D eigenvalue weighted by Gasteiger charge is 2.67. The monoisotopic (exact) mass is 296 g/mol.